The van der Waals surface area contributed by atoms with E-state index in [1.54, 1.807) is 31.2 Å². The molecule has 4 aliphatic rings. The normalized spacial score (nSPS) is 26.4. The smallest absolute Gasteiger partial charge is 0.472 e. The number of fused-ring (bicyclic) bond motifs is 5. The Hall–Kier alpha value is -5.30. The van der Waals surface area contributed by atoms with Gasteiger partial charge in [-0.25, -0.2) is 13.4 Å². The van der Waals surface area contributed by atoms with E-state index in [1.165, 1.54) is 28.7 Å². The fourth-order valence-corrected chi connectivity index (χ4v) is 9.69. The number of nitrogens with zero attached hydrogens (tertiary/aromatic N) is 3. The number of benzene rings is 2. The van der Waals surface area contributed by atoms with Crippen molar-refractivity contribution >= 4 is 66.7 Å². The minimum atomic E-state index is -4.94. The van der Waals surface area contributed by atoms with E-state index in [9.17, 15) is 40.8 Å². The molecule has 0 bridgehead atoms. The lowest BCUT2D eigenvalue weighted by Gasteiger charge is -2.30. The molecule has 312 valence electrons. The monoisotopic (exact) mass is 854 g/mol. The highest BCUT2D eigenvalue weighted by molar-refractivity contribution is 7.91. The van der Waals surface area contributed by atoms with E-state index in [4.69, 9.17) is 4.74 Å². The third kappa shape index (κ3) is 8.31. The molecular formula is C40H41F3N6O8S2. The topological polar surface area (TPSA) is 186 Å². The SMILES string of the molecule is CC1(S(=O)(=O)NC(=O)[C@@]23C[C@H]2/C=C\CCCCC[C@H](NC(=O)c2cncs2)C(=O)N2C[C@H](Oc4nc5cc(OC(F)(F)F)ccc5c5ccccc45)C[C@H]2C(=O)N3)CC1. The van der Waals surface area contributed by atoms with Gasteiger partial charge < -0.3 is 25.0 Å². The molecule has 2 aromatic carbocycles. The molecule has 5 atom stereocenters. The Morgan fingerprint density at radius 2 is 1.83 bits per heavy atom. The third-order valence-corrected chi connectivity index (χ3v) is 14.5. The number of nitrogens with one attached hydrogen (secondary N) is 3. The Balaban J connectivity index is 1.13. The zero-order valence-electron chi connectivity index (χ0n) is 31.8. The van der Waals surface area contributed by atoms with Crippen LogP contribution in [0.25, 0.3) is 21.7 Å². The number of ether oxygens (including phenoxy) is 2. The number of hydrogen-bond acceptors (Lipinski definition) is 11. The highest BCUT2D eigenvalue weighted by atomic mass is 32.2. The summed E-state index contributed by atoms with van der Waals surface area (Å²) in [6, 6.07) is 8.49. The molecule has 3 fully saturated rings. The number of allylic oxidation sites excluding steroid dienone is 1. The number of pyridine rings is 1. The van der Waals surface area contributed by atoms with Gasteiger partial charge in [-0.05, 0) is 69.0 Å². The largest absolute Gasteiger partial charge is 0.573 e. The number of aromatic nitrogens is 2. The van der Waals surface area contributed by atoms with Crippen molar-refractivity contribution < 1.29 is 50.2 Å². The predicted octanol–water partition coefficient (Wildman–Crippen LogP) is 5.28. The first kappa shape index (κ1) is 40.5. The van der Waals surface area contributed by atoms with Crippen LogP contribution < -0.4 is 24.8 Å². The van der Waals surface area contributed by atoms with Gasteiger partial charge in [0.15, 0.2) is 0 Å². The molecule has 2 saturated carbocycles. The van der Waals surface area contributed by atoms with E-state index >= 15 is 0 Å². The van der Waals surface area contributed by atoms with Gasteiger partial charge in [0, 0.05) is 29.2 Å². The molecule has 8 rings (SSSR count). The van der Waals surface area contributed by atoms with Crippen LogP contribution in [0.5, 0.6) is 11.6 Å². The van der Waals surface area contributed by atoms with E-state index in [2.05, 4.69) is 30.1 Å². The summed E-state index contributed by atoms with van der Waals surface area (Å²) in [5.74, 6) is -3.62. The number of hydrogen-bond donors (Lipinski definition) is 3. The van der Waals surface area contributed by atoms with Gasteiger partial charge in [0.2, 0.25) is 27.7 Å². The van der Waals surface area contributed by atoms with Gasteiger partial charge in [0.05, 0.1) is 28.5 Å². The molecular weight excluding hydrogens is 814 g/mol. The van der Waals surface area contributed by atoms with E-state index in [0.717, 1.165) is 23.8 Å². The van der Waals surface area contributed by atoms with Gasteiger partial charge in [-0.1, -0.05) is 43.2 Å². The minimum Gasteiger partial charge on any atom is -0.472 e. The predicted molar refractivity (Wildman–Crippen MR) is 210 cm³/mol. The Bertz CT molecular complexity index is 2460. The summed E-state index contributed by atoms with van der Waals surface area (Å²) in [6.07, 6.45) is 3.00. The number of alkyl halides is 3. The molecule has 2 aliphatic carbocycles. The van der Waals surface area contributed by atoms with Crippen molar-refractivity contribution in [3.63, 3.8) is 0 Å². The van der Waals surface area contributed by atoms with Crippen LogP contribution in [0.3, 0.4) is 0 Å². The van der Waals surface area contributed by atoms with Crippen LogP contribution in [-0.2, 0) is 24.4 Å². The van der Waals surface area contributed by atoms with Gasteiger partial charge >= 0.3 is 6.36 Å². The Kier molecular flexibility index (Phi) is 10.6. The molecule has 4 heterocycles. The minimum absolute atomic E-state index is 0.0370. The van der Waals surface area contributed by atoms with Crippen LogP contribution in [0.1, 0.15) is 74.4 Å². The number of halogens is 3. The summed E-state index contributed by atoms with van der Waals surface area (Å²) in [5, 5.41) is 7.33. The number of sulfonamides is 1. The number of amides is 4. The van der Waals surface area contributed by atoms with Gasteiger partial charge in [0.25, 0.3) is 11.8 Å². The average molecular weight is 855 g/mol. The Labute approximate surface area is 341 Å². The van der Waals surface area contributed by atoms with E-state index in [0.29, 0.717) is 48.3 Å². The molecule has 14 nitrogen and oxygen atoms in total. The summed E-state index contributed by atoms with van der Waals surface area (Å²) >= 11 is 1.10. The quantitative estimate of drug-likeness (QED) is 0.156. The number of rotatable bonds is 8. The Morgan fingerprint density at radius 1 is 1.05 bits per heavy atom. The highest BCUT2D eigenvalue weighted by Gasteiger charge is 2.63. The second-order valence-corrected chi connectivity index (χ2v) is 18.9. The molecule has 0 spiro atoms. The van der Waals surface area contributed by atoms with Crippen LogP contribution in [0.2, 0.25) is 0 Å². The molecule has 59 heavy (non-hydrogen) atoms. The van der Waals surface area contributed by atoms with Gasteiger partial charge in [-0.15, -0.1) is 24.5 Å². The van der Waals surface area contributed by atoms with Crippen LogP contribution >= 0.6 is 11.3 Å². The van der Waals surface area contributed by atoms with Crippen molar-refractivity contribution in [1.29, 1.82) is 0 Å². The van der Waals surface area contributed by atoms with E-state index in [-0.39, 0.29) is 42.1 Å². The number of carbonyl (C=O) groups excluding carboxylic acids is 4. The van der Waals surface area contributed by atoms with Crippen LogP contribution in [-0.4, -0.2) is 88.3 Å². The fourth-order valence-electron chi connectivity index (χ4n) is 7.85. The summed E-state index contributed by atoms with van der Waals surface area (Å²) in [7, 11) is -4.06. The maximum atomic E-state index is 14.6. The summed E-state index contributed by atoms with van der Waals surface area (Å²) in [4.78, 5) is 66.5. The zero-order chi connectivity index (χ0) is 41.7. The van der Waals surface area contributed by atoms with E-state index < -0.39 is 80.2 Å². The molecule has 0 radical (unpaired) electrons. The number of carbonyl (C=O) groups is 4. The summed E-state index contributed by atoms with van der Waals surface area (Å²) in [5.41, 5.74) is 0.0286. The maximum Gasteiger partial charge on any atom is 0.573 e. The lowest BCUT2D eigenvalue weighted by atomic mass is 10.0. The molecule has 19 heteroatoms. The lowest BCUT2D eigenvalue weighted by Crippen LogP contribution is -2.58. The second kappa shape index (κ2) is 15.4. The fraction of sp³-hybridized carbons (Fsp3) is 0.450. The molecule has 2 aliphatic heterocycles. The van der Waals surface area contributed by atoms with Crippen molar-refractivity contribution in [1.82, 2.24) is 30.2 Å². The first-order valence-corrected chi connectivity index (χ1v) is 21.7. The average Bonchev–Trinajstić information content (AvgIpc) is 3.93. The van der Waals surface area contributed by atoms with E-state index in [1.807, 2.05) is 12.2 Å². The second-order valence-electron chi connectivity index (χ2n) is 15.8. The molecule has 4 aromatic rings. The molecule has 3 N–H and O–H groups in total. The zero-order valence-corrected chi connectivity index (χ0v) is 33.4. The van der Waals surface area contributed by atoms with Crippen LogP contribution in [0.4, 0.5) is 13.2 Å². The highest BCUT2D eigenvalue weighted by Crippen LogP contribution is 2.47. The summed E-state index contributed by atoms with van der Waals surface area (Å²) < 4.78 is 77.5. The maximum absolute atomic E-state index is 14.6. The first-order valence-electron chi connectivity index (χ1n) is 19.4. The first-order chi connectivity index (χ1) is 28.1. The van der Waals surface area contributed by atoms with Crippen molar-refractivity contribution in [3.05, 3.63) is 71.2 Å². The van der Waals surface area contributed by atoms with Gasteiger partial charge in [-0.3, -0.25) is 28.9 Å². The van der Waals surface area contributed by atoms with Crippen LogP contribution in [0.15, 0.2) is 66.3 Å². The van der Waals surface area contributed by atoms with Gasteiger partial charge in [-0.2, -0.15) is 0 Å². The molecule has 1 saturated heterocycles. The number of thiazole rings is 1. The standard InChI is InChI=1S/C40H41F3N6O8S2/c1-38(15-16-38)59(54,55)48-37(53)39-19-23(39)9-5-3-2-4-6-12-29(45-34(51)32-20-44-22-58-32)36(52)49-21-25(18-31(49)33(50)47-39)56-35-28-11-8-7-10-26(28)27-14-13-24(17-30(27)46-35)57-40(41,42)43/h5,7-11,13-14,17,20,22-23,25,29,31H,2-4,6,12,15-16,18-19,21H2,1H3,(H,45,51)(H,47,50)(H,48,53)/b9-5-/t23-,25-,29+,31+,39-/m1/s1. The van der Waals surface area contributed by atoms with Crippen molar-refractivity contribution in [2.24, 2.45) is 5.92 Å². The molecule has 4 amide bonds. The van der Waals surface area contributed by atoms with Crippen molar-refractivity contribution in [3.8, 4) is 11.6 Å². The molecule has 0 unspecified atom stereocenters. The Morgan fingerprint density at radius 3 is 2.56 bits per heavy atom. The van der Waals surface area contributed by atoms with Crippen molar-refractivity contribution in [2.75, 3.05) is 6.54 Å². The molecule has 2 aromatic heterocycles. The van der Waals surface area contributed by atoms with Crippen LogP contribution in [0, 0.1) is 5.92 Å². The third-order valence-electron chi connectivity index (χ3n) is 11.6. The lowest BCUT2D eigenvalue weighted by molar-refractivity contribution is -0.274. The van der Waals surface area contributed by atoms with Crippen molar-refractivity contribution in [2.45, 2.75) is 99.5 Å². The van der Waals surface area contributed by atoms with Gasteiger partial charge in [0.1, 0.15) is 34.4 Å². The summed E-state index contributed by atoms with van der Waals surface area (Å²) in [6.45, 7) is 1.39.